The molecule has 238 valence electrons. The third-order valence-corrected chi connectivity index (χ3v) is 9.23. The van der Waals surface area contributed by atoms with Crippen LogP contribution in [0.15, 0.2) is 47.6 Å². The maximum absolute atomic E-state index is 12.9. The van der Waals surface area contributed by atoms with E-state index >= 15 is 0 Å². The van der Waals surface area contributed by atoms with E-state index < -0.39 is 33.9 Å². The minimum Gasteiger partial charge on any atom is -0.477 e. The third kappa shape index (κ3) is 7.99. The maximum atomic E-state index is 12.9. The van der Waals surface area contributed by atoms with Crippen LogP contribution in [0.4, 0.5) is 19.0 Å². The van der Waals surface area contributed by atoms with Gasteiger partial charge in [-0.3, -0.25) is 4.79 Å². The number of nitrogens with zero attached hydrogens (tertiary/aromatic N) is 4. The van der Waals surface area contributed by atoms with Gasteiger partial charge in [-0.05, 0) is 82.2 Å². The topological polar surface area (TPSA) is 140 Å². The van der Waals surface area contributed by atoms with Crippen LogP contribution in [-0.2, 0) is 10.0 Å². The number of nitrogens with one attached hydrogen (secondary N) is 3. The number of amides is 1. The number of carbonyl (C=O) groups excluding carboxylic acids is 1. The Bertz CT molecular complexity index is 1620. The lowest BCUT2D eigenvalue weighted by Gasteiger charge is -2.17. The highest BCUT2D eigenvalue weighted by molar-refractivity contribution is 7.90. The van der Waals surface area contributed by atoms with Crippen LogP contribution >= 0.6 is 11.6 Å². The molecule has 5 rings (SSSR count). The molecule has 1 saturated carbocycles. The van der Waals surface area contributed by atoms with Gasteiger partial charge in [0.05, 0.1) is 18.1 Å². The highest BCUT2D eigenvalue weighted by Gasteiger charge is 2.55. The van der Waals surface area contributed by atoms with Gasteiger partial charge in [-0.1, -0.05) is 17.7 Å². The van der Waals surface area contributed by atoms with E-state index in [-0.39, 0.29) is 52.4 Å². The van der Waals surface area contributed by atoms with E-state index in [4.69, 9.17) is 16.3 Å². The fourth-order valence-electron chi connectivity index (χ4n) is 5.30. The van der Waals surface area contributed by atoms with Crippen molar-refractivity contribution in [3.63, 3.8) is 0 Å². The molecule has 1 amide bonds. The van der Waals surface area contributed by atoms with Gasteiger partial charge in [-0.2, -0.15) is 21.6 Å². The highest BCUT2D eigenvalue weighted by Crippen LogP contribution is 2.51. The zero-order chi connectivity index (χ0) is 31.7. The van der Waals surface area contributed by atoms with Gasteiger partial charge in [0.25, 0.3) is 15.9 Å². The van der Waals surface area contributed by atoms with Crippen molar-refractivity contribution in [3.8, 4) is 11.7 Å². The molecule has 16 heteroatoms. The molecule has 1 saturated heterocycles. The van der Waals surface area contributed by atoms with Gasteiger partial charge >= 0.3 is 6.18 Å². The van der Waals surface area contributed by atoms with Crippen molar-refractivity contribution in [2.75, 3.05) is 25.0 Å². The van der Waals surface area contributed by atoms with E-state index in [1.807, 2.05) is 4.72 Å². The smallest absolute Gasteiger partial charge is 0.392 e. The Labute approximate surface area is 258 Å². The number of hydrogen-bond acceptors (Lipinski definition) is 9. The van der Waals surface area contributed by atoms with Crippen molar-refractivity contribution in [2.24, 2.45) is 17.8 Å². The van der Waals surface area contributed by atoms with E-state index in [9.17, 15) is 26.4 Å². The Balaban J connectivity index is 1.14. The Morgan fingerprint density at radius 3 is 2.66 bits per heavy atom. The Kier molecular flexibility index (Phi) is 9.10. The van der Waals surface area contributed by atoms with Crippen LogP contribution in [0.3, 0.4) is 0 Å². The molecular weight excluding hydrogens is 623 g/mol. The Morgan fingerprint density at radius 2 is 1.98 bits per heavy atom. The fraction of sp³-hybridized carbons (Fsp3) is 0.500. The molecule has 44 heavy (non-hydrogen) atoms. The fourth-order valence-corrected chi connectivity index (χ4v) is 6.47. The lowest BCUT2D eigenvalue weighted by molar-refractivity contribution is -0.151. The van der Waals surface area contributed by atoms with Gasteiger partial charge < -0.3 is 15.4 Å². The summed E-state index contributed by atoms with van der Waals surface area (Å²) in [6, 6.07) is 8.69. The molecule has 2 aliphatic rings. The molecule has 1 aliphatic heterocycles. The number of aromatic nitrogens is 4. The summed E-state index contributed by atoms with van der Waals surface area (Å²) >= 11 is 6.22. The molecule has 11 nitrogen and oxygen atoms in total. The van der Waals surface area contributed by atoms with Crippen molar-refractivity contribution in [1.29, 1.82) is 0 Å². The third-order valence-electron chi connectivity index (χ3n) is 7.71. The van der Waals surface area contributed by atoms with E-state index in [0.717, 1.165) is 19.4 Å². The minimum absolute atomic E-state index is 0.0839. The number of carbonyl (C=O) groups is 1. The highest BCUT2D eigenvalue weighted by atomic mass is 35.5. The summed E-state index contributed by atoms with van der Waals surface area (Å²) in [5.74, 6) is -1.42. The first-order valence-corrected chi connectivity index (χ1v) is 16.0. The van der Waals surface area contributed by atoms with E-state index in [1.165, 1.54) is 41.2 Å². The van der Waals surface area contributed by atoms with Gasteiger partial charge in [-0.15, -0.1) is 5.10 Å². The summed E-state index contributed by atoms with van der Waals surface area (Å²) in [5.41, 5.74) is -0.0771. The summed E-state index contributed by atoms with van der Waals surface area (Å²) in [7, 11) is -4.33. The molecule has 2 fully saturated rings. The molecule has 0 bridgehead atoms. The minimum atomic E-state index is -4.33. The van der Waals surface area contributed by atoms with Gasteiger partial charge in [0, 0.05) is 24.3 Å². The Morgan fingerprint density at radius 1 is 1.18 bits per heavy atom. The zero-order valence-electron chi connectivity index (χ0n) is 24.1. The SMILES string of the molecule is CC1(C)CC(CCNc2cccc(S(=O)(=O)NC(=O)c3ccc(-n4ccc(OCCC5CC5C(F)(F)F)n4)nc3Cl)n2)CN1. The number of hydrogen-bond donors (Lipinski definition) is 3. The van der Waals surface area contributed by atoms with Crippen LogP contribution in [0, 0.1) is 17.8 Å². The summed E-state index contributed by atoms with van der Waals surface area (Å²) in [5, 5.41) is 10.2. The monoisotopic (exact) mass is 655 g/mol. The lowest BCUT2D eigenvalue weighted by atomic mass is 9.95. The largest absolute Gasteiger partial charge is 0.477 e. The molecule has 1 aliphatic carbocycles. The summed E-state index contributed by atoms with van der Waals surface area (Å²) in [4.78, 5) is 21.1. The number of sulfonamides is 1. The molecule has 0 aromatic carbocycles. The molecule has 3 aromatic rings. The first-order valence-electron chi connectivity index (χ1n) is 14.2. The van der Waals surface area contributed by atoms with Crippen LogP contribution in [-0.4, -0.2) is 65.5 Å². The standard InChI is InChI=1S/C28H33ClF3N7O4S/c1-27(2)15-17(16-34-27)8-11-33-21-4-3-5-24(35-21)44(41,42)38-26(40)19-6-7-22(36-25(19)29)39-12-9-23(37-39)43-13-10-18-14-20(18)28(30,31)32/h3-7,9,12,17-18,20,34H,8,10-11,13-16H2,1-2H3,(H,33,35)(H,38,40). The molecule has 3 aromatic heterocycles. The van der Waals surface area contributed by atoms with Crippen LogP contribution in [0.2, 0.25) is 5.15 Å². The molecular formula is C28H33ClF3N7O4S. The van der Waals surface area contributed by atoms with Crippen molar-refractivity contribution in [3.05, 3.63) is 53.3 Å². The molecule has 0 radical (unpaired) electrons. The predicted molar refractivity (Wildman–Crippen MR) is 156 cm³/mol. The van der Waals surface area contributed by atoms with Gasteiger partial charge in [0.2, 0.25) is 5.88 Å². The Hall–Kier alpha value is -3.43. The first-order chi connectivity index (χ1) is 20.7. The summed E-state index contributed by atoms with van der Waals surface area (Å²) in [6.07, 6.45) is -0.341. The van der Waals surface area contributed by atoms with E-state index in [1.54, 1.807) is 6.07 Å². The second-order valence-electron chi connectivity index (χ2n) is 11.7. The number of anilines is 1. The molecule has 4 heterocycles. The van der Waals surface area contributed by atoms with Crippen LogP contribution < -0.4 is 20.1 Å². The van der Waals surface area contributed by atoms with Gasteiger partial charge in [-0.25, -0.2) is 19.4 Å². The van der Waals surface area contributed by atoms with Gasteiger partial charge in [0.15, 0.2) is 10.8 Å². The van der Waals surface area contributed by atoms with E-state index in [0.29, 0.717) is 18.3 Å². The summed E-state index contributed by atoms with van der Waals surface area (Å²) < 4.78 is 72.7. The number of ether oxygens (including phenoxy) is 1. The normalized spacial score (nSPS) is 21.2. The van der Waals surface area contributed by atoms with Crippen molar-refractivity contribution < 1.29 is 31.1 Å². The molecule has 0 spiro atoms. The van der Waals surface area contributed by atoms with Crippen LogP contribution in [0.5, 0.6) is 5.88 Å². The van der Waals surface area contributed by atoms with Crippen molar-refractivity contribution >= 4 is 33.3 Å². The average molecular weight is 656 g/mol. The summed E-state index contributed by atoms with van der Waals surface area (Å²) in [6.45, 7) is 5.95. The average Bonchev–Trinajstić information content (AvgIpc) is 3.45. The lowest BCUT2D eigenvalue weighted by Crippen LogP contribution is -2.31. The van der Waals surface area contributed by atoms with E-state index in [2.05, 4.69) is 39.5 Å². The quantitative estimate of drug-likeness (QED) is 0.239. The number of rotatable bonds is 12. The molecule has 3 N–H and O–H groups in total. The number of halogens is 4. The van der Waals surface area contributed by atoms with Crippen LogP contribution in [0.25, 0.3) is 5.82 Å². The number of alkyl halides is 3. The molecule has 3 atom stereocenters. The van der Waals surface area contributed by atoms with Crippen molar-refractivity contribution in [2.45, 2.75) is 56.3 Å². The number of pyridine rings is 2. The van der Waals surface area contributed by atoms with Gasteiger partial charge in [0.1, 0.15) is 11.0 Å². The second-order valence-corrected chi connectivity index (χ2v) is 13.7. The zero-order valence-corrected chi connectivity index (χ0v) is 25.6. The van der Waals surface area contributed by atoms with Crippen LogP contribution in [0.1, 0.15) is 49.9 Å². The maximum Gasteiger partial charge on any atom is 0.392 e. The second kappa shape index (κ2) is 12.5. The van der Waals surface area contributed by atoms with Crippen molar-refractivity contribution in [1.82, 2.24) is 29.8 Å². The molecule has 3 unspecified atom stereocenters. The first kappa shape index (κ1) is 32.0. The predicted octanol–water partition coefficient (Wildman–Crippen LogP) is 4.59.